The van der Waals surface area contributed by atoms with Gasteiger partial charge in [-0.3, -0.25) is 9.69 Å². The van der Waals surface area contributed by atoms with Crippen molar-refractivity contribution < 1.29 is 4.79 Å². The average molecular weight is 280 g/mol. The lowest BCUT2D eigenvalue weighted by Gasteiger charge is -2.45. The number of hydrogen-bond acceptors (Lipinski definition) is 2. The van der Waals surface area contributed by atoms with Gasteiger partial charge < -0.3 is 4.90 Å². The molecule has 0 aromatic carbocycles. The molecule has 116 valence electrons. The first-order valence-electron chi connectivity index (χ1n) is 7.96. The van der Waals surface area contributed by atoms with Crippen molar-refractivity contribution in [3.63, 3.8) is 0 Å². The van der Waals surface area contributed by atoms with Gasteiger partial charge in [-0.1, -0.05) is 39.8 Å². The minimum absolute atomic E-state index is 0.296. The smallest absolute Gasteiger partial charge is 0.222 e. The fraction of sp³-hybridized carbons (Fsp3) is 0.824. The Morgan fingerprint density at radius 2 is 1.75 bits per heavy atom. The zero-order valence-electron chi connectivity index (χ0n) is 14.1. The van der Waals surface area contributed by atoms with E-state index in [0.29, 0.717) is 36.2 Å². The van der Waals surface area contributed by atoms with Crippen molar-refractivity contribution in [3.8, 4) is 0 Å². The third-order valence-corrected chi connectivity index (χ3v) is 4.19. The van der Waals surface area contributed by atoms with Crippen LogP contribution in [0.15, 0.2) is 12.2 Å². The van der Waals surface area contributed by atoms with Crippen molar-refractivity contribution in [2.75, 3.05) is 19.6 Å². The van der Waals surface area contributed by atoms with Gasteiger partial charge in [-0.15, -0.1) is 0 Å². The van der Waals surface area contributed by atoms with Crippen LogP contribution in [0.2, 0.25) is 0 Å². The van der Waals surface area contributed by atoms with Crippen LogP contribution in [0.25, 0.3) is 0 Å². The van der Waals surface area contributed by atoms with Crippen molar-refractivity contribution in [2.24, 2.45) is 11.8 Å². The lowest BCUT2D eigenvalue weighted by atomic mass is 9.93. The highest BCUT2D eigenvalue weighted by atomic mass is 16.2. The zero-order chi connectivity index (χ0) is 15.4. The van der Waals surface area contributed by atoms with Crippen molar-refractivity contribution in [1.82, 2.24) is 9.80 Å². The Morgan fingerprint density at radius 3 is 2.20 bits per heavy atom. The molecule has 1 saturated heterocycles. The fourth-order valence-electron chi connectivity index (χ4n) is 2.83. The summed E-state index contributed by atoms with van der Waals surface area (Å²) in [5.74, 6) is 1.18. The first-order valence-corrected chi connectivity index (χ1v) is 7.96. The van der Waals surface area contributed by atoms with E-state index in [0.717, 1.165) is 19.6 Å². The third-order valence-electron chi connectivity index (χ3n) is 4.19. The summed E-state index contributed by atoms with van der Waals surface area (Å²) in [4.78, 5) is 16.8. The summed E-state index contributed by atoms with van der Waals surface area (Å²) in [6.07, 6.45) is 0.655. The van der Waals surface area contributed by atoms with E-state index in [9.17, 15) is 4.79 Å². The lowest BCUT2D eigenvalue weighted by molar-refractivity contribution is -0.135. The highest BCUT2D eigenvalue weighted by molar-refractivity contribution is 5.76. The van der Waals surface area contributed by atoms with Crippen molar-refractivity contribution in [3.05, 3.63) is 12.2 Å². The fourth-order valence-corrected chi connectivity index (χ4v) is 2.83. The lowest BCUT2D eigenvalue weighted by Crippen LogP contribution is -2.57. The normalized spacial score (nSPS) is 21.1. The Hall–Kier alpha value is -0.830. The van der Waals surface area contributed by atoms with Crippen LogP contribution in [-0.4, -0.2) is 47.4 Å². The van der Waals surface area contributed by atoms with Crippen molar-refractivity contribution in [2.45, 2.75) is 60.0 Å². The van der Waals surface area contributed by atoms with Gasteiger partial charge in [0, 0.05) is 38.1 Å². The van der Waals surface area contributed by atoms with Crippen LogP contribution < -0.4 is 0 Å². The van der Waals surface area contributed by atoms with E-state index in [1.54, 1.807) is 0 Å². The summed E-state index contributed by atoms with van der Waals surface area (Å²) in [5.41, 5.74) is 1.25. The second-order valence-corrected chi connectivity index (χ2v) is 7.01. The number of piperazine rings is 1. The number of amides is 1. The van der Waals surface area contributed by atoms with E-state index in [4.69, 9.17) is 0 Å². The molecule has 0 bridgehead atoms. The van der Waals surface area contributed by atoms with Crippen LogP contribution in [-0.2, 0) is 4.79 Å². The molecule has 0 aromatic rings. The number of rotatable bonds is 5. The average Bonchev–Trinajstić information content (AvgIpc) is 2.35. The molecule has 20 heavy (non-hydrogen) atoms. The van der Waals surface area contributed by atoms with Crippen LogP contribution in [0.1, 0.15) is 48.0 Å². The molecule has 1 rings (SSSR count). The standard InChI is InChI=1S/C17H32N2O/c1-12(2)10-17(20)18-8-9-19(14(5)6)16(11-18)15(7)13(3)4/h12-14,16H,7-11H2,1-6H3/t16-/m0/s1. The molecule has 1 atom stereocenters. The largest absolute Gasteiger partial charge is 0.340 e. The molecule has 0 N–H and O–H groups in total. The quantitative estimate of drug-likeness (QED) is 0.722. The van der Waals surface area contributed by atoms with Gasteiger partial charge in [0.1, 0.15) is 0 Å². The molecule has 1 fully saturated rings. The molecule has 1 heterocycles. The maximum Gasteiger partial charge on any atom is 0.222 e. The van der Waals surface area contributed by atoms with Crippen LogP contribution in [0.4, 0.5) is 0 Å². The van der Waals surface area contributed by atoms with E-state index >= 15 is 0 Å². The maximum atomic E-state index is 12.3. The van der Waals surface area contributed by atoms with E-state index in [2.05, 4.69) is 53.0 Å². The Balaban J connectivity index is 2.79. The van der Waals surface area contributed by atoms with Crippen LogP contribution in [0, 0.1) is 11.8 Å². The van der Waals surface area contributed by atoms with Crippen LogP contribution >= 0.6 is 0 Å². The van der Waals surface area contributed by atoms with Gasteiger partial charge in [0.25, 0.3) is 0 Å². The predicted octanol–water partition coefficient (Wildman–Crippen LogP) is 3.17. The van der Waals surface area contributed by atoms with E-state index < -0.39 is 0 Å². The molecule has 0 saturated carbocycles. The number of hydrogen-bond donors (Lipinski definition) is 0. The molecule has 1 aliphatic heterocycles. The predicted molar refractivity (Wildman–Crippen MR) is 85.6 cm³/mol. The Bertz CT molecular complexity index is 347. The number of nitrogens with zero attached hydrogens (tertiary/aromatic N) is 2. The van der Waals surface area contributed by atoms with Crippen LogP contribution in [0.5, 0.6) is 0 Å². The number of carbonyl (C=O) groups is 1. The summed E-state index contributed by atoms with van der Waals surface area (Å²) >= 11 is 0. The molecule has 0 aliphatic carbocycles. The van der Waals surface area contributed by atoms with Gasteiger partial charge in [0.05, 0.1) is 0 Å². The SMILES string of the molecule is C=C(C(C)C)[C@@H]1CN(C(=O)CC(C)C)CCN1C(C)C. The first kappa shape index (κ1) is 17.2. The van der Waals surface area contributed by atoms with Crippen LogP contribution in [0.3, 0.4) is 0 Å². The second-order valence-electron chi connectivity index (χ2n) is 7.01. The van der Waals surface area contributed by atoms with E-state index in [-0.39, 0.29) is 0 Å². The summed E-state index contributed by atoms with van der Waals surface area (Å²) < 4.78 is 0. The van der Waals surface area contributed by atoms with Gasteiger partial charge >= 0.3 is 0 Å². The molecule has 1 aliphatic rings. The van der Waals surface area contributed by atoms with E-state index in [1.807, 2.05) is 4.90 Å². The molecule has 0 spiro atoms. The third kappa shape index (κ3) is 4.34. The van der Waals surface area contributed by atoms with Gasteiger partial charge in [-0.2, -0.15) is 0 Å². The summed E-state index contributed by atoms with van der Waals surface area (Å²) in [7, 11) is 0. The van der Waals surface area contributed by atoms with E-state index in [1.165, 1.54) is 5.57 Å². The highest BCUT2D eigenvalue weighted by Crippen LogP contribution is 2.24. The second kappa shape index (κ2) is 7.26. The molecule has 3 nitrogen and oxygen atoms in total. The first-order chi connectivity index (χ1) is 9.23. The molecule has 0 radical (unpaired) electrons. The summed E-state index contributed by atoms with van der Waals surface area (Å²) in [6.45, 7) is 19.9. The number of carbonyl (C=O) groups excluding carboxylic acids is 1. The maximum absolute atomic E-state index is 12.3. The Kier molecular flexibility index (Phi) is 6.25. The van der Waals surface area contributed by atoms with Gasteiger partial charge in [0.2, 0.25) is 5.91 Å². The molecule has 0 unspecified atom stereocenters. The summed E-state index contributed by atoms with van der Waals surface area (Å²) in [5, 5.41) is 0. The van der Waals surface area contributed by atoms with Gasteiger partial charge in [0.15, 0.2) is 0 Å². The topological polar surface area (TPSA) is 23.6 Å². The molecule has 1 amide bonds. The van der Waals surface area contributed by atoms with Crippen molar-refractivity contribution in [1.29, 1.82) is 0 Å². The molecular formula is C17H32N2O. The molecule has 3 heteroatoms. The molecule has 0 aromatic heterocycles. The van der Waals surface area contributed by atoms with Gasteiger partial charge in [-0.25, -0.2) is 0 Å². The minimum atomic E-state index is 0.296. The zero-order valence-corrected chi connectivity index (χ0v) is 14.1. The molecular weight excluding hydrogens is 248 g/mol. The summed E-state index contributed by atoms with van der Waals surface area (Å²) in [6, 6.07) is 0.803. The minimum Gasteiger partial charge on any atom is -0.340 e. The monoisotopic (exact) mass is 280 g/mol. The highest BCUT2D eigenvalue weighted by Gasteiger charge is 2.33. The Labute approximate surface area is 125 Å². The van der Waals surface area contributed by atoms with Crippen molar-refractivity contribution >= 4 is 5.91 Å². The van der Waals surface area contributed by atoms with Gasteiger partial charge in [-0.05, 0) is 25.7 Å². The Morgan fingerprint density at radius 1 is 1.15 bits per heavy atom.